The van der Waals surface area contributed by atoms with Gasteiger partial charge in [0.05, 0.1) is 0 Å². The molecule has 0 bridgehead atoms. The summed E-state index contributed by atoms with van der Waals surface area (Å²) < 4.78 is 6.83. The van der Waals surface area contributed by atoms with Gasteiger partial charge in [0.25, 0.3) is 0 Å². The number of benzene rings is 2. The van der Waals surface area contributed by atoms with E-state index in [0.717, 1.165) is 16.0 Å². The molecule has 1 fully saturated rings. The van der Waals surface area contributed by atoms with Crippen LogP contribution >= 0.6 is 15.9 Å². The fourth-order valence-corrected chi connectivity index (χ4v) is 2.97. The Labute approximate surface area is 133 Å². The van der Waals surface area contributed by atoms with Gasteiger partial charge in [0.2, 0.25) is 0 Å². The lowest BCUT2D eigenvalue weighted by Gasteiger charge is -2.42. The first kappa shape index (κ1) is 14.3. The van der Waals surface area contributed by atoms with Gasteiger partial charge < -0.3 is 4.74 Å². The predicted molar refractivity (Wildman–Crippen MR) is 86.8 cm³/mol. The van der Waals surface area contributed by atoms with Crippen LogP contribution in [0.25, 0.3) is 0 Å². The fraction of sp³-hybridized carbons (Fsp3) is 0.278. The number of ether oxygens (including phenoxy) is 1. The van der Waals surface area contributed by atoms with Gasteiger partial charge in [0, 0.05) is 22.2 Å². The predicted octanol–water partition coefficient (Wildman–Crippen LogP) is 5.32. The molecule has 1 unspecified atom stereocenters. The van der Waals surface area contributed by atoms with Crippen LogP contribution in [0.2, 0.25) is 0 Å². The summed E-state index contributed by atoms with van der Waals surface area (Å²) in [5.41, 5.74) is 0.983. The van der Waals surface area contributed by atoms with Crippen molar-refractivity contribution in [3.05, 3.63) is 58.6 Å². The number of Topliss-reactive ketones (excluding diaryl/α,β-unsaturated/α-hetero) is 1. The largest absolute Gasteiger partial charge is 0.457 e. The zero-order valence-corrected chi connectivity index (χ0v) is 13.7. The van der Waals surface area contributed by atoms with E-state index < -0.39 is 0 Å². The lowest BCUT2D eigenvalue weighted by atomic mass is 9.59. The average molecular weight is 345 g/mol. The van der Waals surface area contributed by atoms with Gasteiger partial charge in [-0.25, -0.2) is 0 Å². The van der Waals surface area contributed by atoms with Gasteiger partial charge in [-0.05, 0) is 42.0 Å². The molecule has 0 radical (unpaired) electrons. The van der Waals surface area contributed by atoms with Crippen LogP contribution in [0.3, 0.4) is 0 Å². The van der Waals surface area contributed by atoms with E-state index >= 15 is 0 Å². The summed E-state index contributed by atoms with van der Waals surface area (Å²) in [5.74, 6) is 2.30. The summed E-state index contributed by atoms with van der Waals surface area (Å²) in [7, 11) is 0. The Kier molecular flexibility index (Phi) is 3.62. The van der Waals surface area contributed by atoms with Crippen LogP contribution in [0, 0.1) is 5.41 Å². The van der Waals surface area contributed by atoms with E-state index in [1.807, 2.05) is 50.2 Å². The summed E-state index contributed by atoms with van der Waals surface area (Å²) in [5, 5.41) is 0. The quantitative estimate of drug-likeness (QED) is 0.752. The standard InChI is InChI=1S/C18H17BrO2/c1-18(2)16(11-17(18)20)12-3-7-14(8-4-12)21-15-9-5-13(19)6-10-15/h3-10,16H,11H2,1-2H3. The molecular weight excluding hydrogens is 328 g/mol. The van der Waals surface area contributed by atoms with Crippen molar-refractivity contribution in [3.8, 4) is 11.5 Å². The molecule has 1 aliphatic carbocycles. The lowest BCUT2D eigenvalue weighted by Crippen LogP contribution is -2.43. The smallest absolute Gasteiger partial charge is 0.139 e. The molecule has 3 rings (SSSR count). The summed E-state index contributed by atoms with van der Waals surface area (Å²) in [6.07, 6.45) is 0.653. The highest BCUT2D eigenvalue weighted by Crippen LogP contribution is 2.49. The van der Waals surface area contributed by atoms with Crippen molar-refractivity contribution in [1.82, 2.24) is 0 Å². The summed E-state index contributed by atoms with van der Waals surface area (Å²) in [6.45, 7) is 4.05. The Morgan fingerprint density at radius 1 is 1.00 bits per heavy atom. The average Bonchev–Trinajstić information content (AvgIpc) is 2.48. The molecule has 2 aromatic rings. The molecule has 0 spiro atoms. The van der Waals surface area contributed by atoms with Crippen LogP contribution in [0.1, 0.15) is 31.7 Å². The summed E-state index contributed by atoms with van der Waals surface area (Å²) in [4.78, 5) is 11.6. The molecule has 0 aromatic heterocycles. The number of halogens is 1. The lowest BCUT2D eigenvalue weighted by molar-refractivity contribution is -0.137. The highest BCUT2D eigenvalue weighted by atomic mass is 79.9. The Balaban J connectivity index is 1.73. The third-order valence-corrected chi connectivity index (χ3v) is 4.84. The van der Waals surface area contributed by atoms with Gasteiger partial charge in [-0.1, -0.05) is 41.9 Å². The second kappa shape index (κ2) is 5.30. The number of carbonyl (C=O) groups excluding carboxylic acids is 1. The third kappa shape index (κ3) is 2.75. The molecule has 1 aliphatic rings. The van der Waals surface area contributed by atoms with Crippen molar-refractivity contribution in [2.75, 3.05) is 0 Å². The van der Waals surface area contributed by atoms with Crippen molar-refractivity contribution in [1.29, 1.82) is 0 Å². The van der Waals surface area contributed by atoms with Crippen molar-refractivity contribution in [3.63, 3.8) is 0 Å². The summed E-state index contributed by atoms with van der Waals surface area (Å²) >= 11 is 3.40. The van der Waals surface area contributed by atoms with Gasteiger partial charge in [-0.15, -0.1) is 0 Å². The van der Waals surface area contributed by atoms with Gasteiger partial charge in [-0.3, -0.25) is 4.79 Å². The van der Waals surface area contributed by atoms with Crippen molar-refractivity contribution in [2.45, 2.75) is 26.2 Å². The maximum absolute atomic E-state index is 11.6. The molecule has 0 amide bonds. The number of rotatable bonds is 3. The van der Waals surface area contributed by atoms with E-state index in [1.165, 1.54) is 5.56 Å². The zero-order valence-electron chi connectivity index (χ0n) is 12.1. The molecule has 108 valence electrons. The normalized spacial score (nSPS) is 20.0. The monoisotopic (exact) mass is 344 g/mol. The highest BCUT2D eigenvalue weighted by molar-refractivity contribution is 9.10. The molecule has 0 saturated heterocycles. The van der Waals surface area contributed by atoms with Crippen molar-refractivity contribution >= 4 is 21.7 Å². The van der Waals surface area contributed by atoms with Crippen LogP contribution in [-0.2, 0) is 4.79 Å². The topological polar surface area (TPSA) is 26.3 Å². The third-order valence-electron chi connectivity index (χ3n) is 4.31. The fourth-order valence-electron chi connectivity index (χ4n) is 2.71. The van der Waals surface area contributed by atoms with Gasteiger partial charge >= 0.3 is 0 Å². The van der Waals surface area contributed by atoms with E-state index in [4.69, 9.17) is 4.74 Å². The first-order chi connectivity index (χ1) is 9.96. The molecule has 0 heterocycles. The van der Waals surface area contributed by atoms with Gasteiger partial charge in [-0.2, -0.15) is 0 Å². The SMILES string of the molecule is CC1(C)C(=O)CC1c1ccc(Oc2ccc(Br)cc2)cc1. The van der Waals surface area contributed by atoms with E-state index in [9.17, 15) is 4.79 Å². The van der Waals surface area contributed by atoms with E-state index in [2.05, 4.69) is 28.1 Å². The molecule has 1 saturated carbocycles. The number of carbonyl (C=O) groups is 1. The molecule has 2 nitrogen and oxygen atoms in total. The Morgan fingerprint density at radius 3 is 2.00 bits per heavy atom. The minimum Gasteiger partial charge on any atom is -0.457 e. The van der Waals surface area contributed by atoms with Crippen molar-refractivity contribution < 1.29 is 9.53 Å². The zero-order chi connectivity index (χ0) is 15.0. The van der Waals surface area contributed by atoms with Crippen LogP contribution in [0.15, 0.2) is 53.0 Å². The number of hydrogen-bond donors (Lipinski definition) is 0. The first-order valence-electron chi connectivity index (χ1n) is 7.03. The Morgan fingerprint density at radius 2 is 1.52 bits per heavy atom. The van der Waals surface area contributed by atoms with Crippen molar-refractivity contribution in [2.24, 2.45) is 5.41 Å². The minimum atomic E-state index is -0.228. The highest BCUT2D eigenvalue weighted by Gasteiger charge is 2.47. The van der Waals surface area contributed by atoms with E-state index in [-0.39, 0.29) is 5.41 Å². The van der Waals surface area contributed by atoms with Crippen LogP contribution < -0.4 is 4.74 Å². The maximum Gasteiger partial charge on any atom is 0.139 e. The first-order valence-corrected chi connectivity index (χ1v) is 7.83. The maximum atomic E-state index is 11.6. The number of ketones is 1. The molecular formula is C18H17BrO2. The van der Waals surface area contributed by atoms with Crippen LogP contribution in [0.5, 0.6) is 11.5 Å². The second-order valence-electron chi connectivity index (χ2n) is 6.03. The molecule has 0 N–H and O–H groups in total. The molecule has 2 aromatic carbocycles. The molecule has 3 heteroatoms. The molecule has 1 atom stereocenters. The van der Waals surface area contributed by atoms with Gasteiger partial charge in [0.15, 0.2) is 0 Å². The van der Waals surface area contributed by atoms with Crippen LogP contribution in [0.4, 0.5) is 0 Å². The molecule has 21 heavy (non-hydrogen) atoms. The van der Waals surface area contributed by atoms with Gasteiger partial charge in [0.1, 0.15) is 17.3 Å². The number of hydrogen-bond acceptors (Lipinski definition) is 2. The minimum absolute atomic E-state index is 0.228. The van der Waals surface area contributed by atoms with E-state index in [0.29, 0.717) is 18.1 Å². The van der Waals surface area contributed by atoms with Crippen LogP contribution in [-0.4, -0.2) is 5.78 Å². The Hall–Kier alpha value is -1.61. The molecule has 0 aliphatic heterocycles. The summed E-state index contributed by atoms with van der Waals surface area (Å²) in [6, 6.07) is 15.8. The van der Waals surface area contributed by atoms with E-state index in [1.54, 1.807) is 0 Å². The second-order valence-corrected chi connectivity index (χ2v) is 6.94. The Bertz CT molecular complexity index is 657.